The van der Waals surface area contributed by atoms with Gasteiger partial charge in [-0.2, -0.15) is 0 Å². The molecule has 2 rings (SSSR count). The number of nitrogens with zero attached hydrogens (tertiary/aromatic N) is 1. The van der Waals surface area contributed by atoms with Gasteiger partial charge < -0.3 is 9.64 Å². The lowest BCUT2D eigenvalue weighted by atomic mass is 10.2. The first-order chi connectivity index (χ1) is 11.1. The average Bonchev–Trinajstić information content (AvgIpc) is 2.72. The molecule has 1 atom stereocenters. The highest BCUT2D eigenvalue weighted by atomic mass is 32.2. The minimum absolute atomic E-state index is 0.0833. The number of likely N-dealkylation sites (tertiary alicyclic amines) is 1. The molecular formula is C17H24FNO4S. The Bertz CT molecular complexity index is 680. The predicted molar refractivity (Wildman–Crippen MR) is 89.0 cm³/mol. The Balaban J connectivity index is 2.20. The van der Waals surface area contributed by atoms with Crippen LogP contribution in [0, 0.1) is 5.82 Å². The van der Waals surface area contributed by atoms with E-state index >= 15 is 0 Å². The van der Waals surface area contributed by atoms with Gasteiger partial charge in [-0.3, -0.25) is 0 Å². The summed E-state index contributed by atoms with van der Waals surface area (Å²) in [7, 11) is -3.63. The Morgan fingerprint density at radius 2 is 1.83 bits per heavy atom. The van der Waals surface area contributed by atoms with Crippen LogP contribution < -0.4 is 0 Å². The zero-order valence-electron chi connectivity index (χ0n) is 14.3. The minimum atomic E-state index is -3.63. The lowest BCUT2D eigenvalue weighted by Crippen LogP contribution is -2.42. The number of benzene rings is 1. The molecule has 0 aliphatic carbocycles. The van der Waals surface area contributed by atoms with E-state index in [0.29, 0.717) is 19.4 Å². The first-order valence-corrected chi connectivity index (χ1v) is 9.61. The molecule has 1 unspecified atom stereocenters. The van der Waals surface area contributed by atoms with E-state index in [2.05, 4.69) is 0 Å². The second-order valence-corrected chi connectivity index (χ2v) is 9.27. The number of amides is 1. The first-order valence-electron chi connectivity index (χ1n) is 8.07. The van der Waals surface area contributed by atoms with Crippen LogP contribution >= 0.6 is 0 Å². The molecule has 0 N–H and O–H groups in total. The predicted octanol–water partition coefficient (Wildman–Crippen LogP) is 3.39. The fraction of sp³-hybridized carbons (Fsp3) is 0.588. The van der Waals surface area contributed by atoms with Gasteiger partial charge in [0, 0.05) is 13.1 Å². The molecule has 1 aromatic rings. The molecule has 0 bridgehead atoms. The molecule has 1 aliphatic rings. The number of sulfone groups is 1. The lowest BCUT2D eigenvalue weighted by Gasteiger charge is -2.28. The van der Waals surface area contributed by atoms with Crippen molar-refractivity contribution in [1.82, 2.24) is 4.90 Å². The number of hydrogen-bond donors (Lipinski definition) is 0. The van der Waals surface area contributed by atoms with Crippen molar-refractivity contribution in [1.29, 1.82) is 0 Å². The third kappa shape index (κ3) is 4.69. The molecule has 1 heterocycles. The lowest BCUT2D eigenvalue weighted by molar-refractivity contribution is 0.0258. The third-order valence-electron chi connectivity index (χ3n) is 3.86. The summed E-state index contributed by atoms with van der Waals surface area (Å²) >= 11 is 0. The van der Waals surface area contributed by atoms with Crippen molar-refractivity contribution in [2.75, 3.05) is 13.1 Å². The Hall–Kier alpha value is -1.63. The summed E-state index contributed by atoms with van der Waals surface area (Å²) in [6.07, 6.45) is 1.42. The molecule has 1 amide bonds. The maximum atomic E-state index is 13.0. The number of carbonyl (C=O) groups excluding carboxylic acids is 1. The van der Waals surface area contributed by atoms with Gasteiger partial charge in [-0.25, -0.2) is 17.6 Å². The summed E-state index contributed by atoms with van der Waals surface area (Å²) in [5.74, 6) is -0.481. The Kier molecular flexibility index (Phi) is 5.52. The molecule has 1 saturated heterocycles. The van der Waals surface area contributed by atoms with E-state index in [1.54, 1.807) is 20.8 Å². The number of rotatable bonds is 2. The van der Waals surface area contributed by atoms with Crippen molar-refractivity contribution in [3.63, 3.8) is 0 Å². The Morgan fingerprint density at radius 1 is 1.21 bits per heavy atom. The summed E-state index contributed by atoms with van der Waals surface area (Å²) in [5.41, 5.74) is -0.630. The summed E-state index contributed by atoms with van der Waals surface area (Å²) < 4.78 is 44.0. The zero-order valence-corrected chi connectivity index (χ0v) is 15.1. The van der Waals surface area contributed by atoms with E-state index in [1.807, 2.05) is 0 Å². The first kappa shape index (κ1) is 18.7. The molecule has 24 heavy (non-hydrogen) atoms. The van der Waals surface area contributed by atoms with Crippen LogP contribution in [0.4, 0.5) is 9.18 Å². The van der Waals surface area contributed by atoms with Crippen molar-refractivity contribution in [3.8, 4) is 0 Å². The van der Waals surface area contributed by atoms with Gasteiger partial charge in [-0.15, -0.1) is 0 Å². The average molecular weight is 357 g/mol. The van der Waals surface area contributed by atoms with Gasteiger partial charge in [-0.05, 0) is 57.9 Å². The quantitative estimate of drug-likeness (QED) is 0.761. The van der Waals surface area contributed by atoms with Gasteiger partial charge in [0.2, 0.25) is 0 Å². The largest absolute Gasteiger partial charge is 0.444 e. The van der Waals surface area contributed by atoms with Gasteiger partial charge in [0.05, 0.1) is 10.1 Å². The van der Waals surface area contributed by atoms with Gasteiger partial charge in [0.15, 0.2) is 9.84 Å². The van der Waals surface area contributed by atoms with Crippen LogP contribution in [0.2, 0.25) is 0 Å². The number of halogens is 1. The highest BCUT2D eigenvalue weighted by molar-refractivity contribution is 7.92. The molecule has 0 saturated carbocycles. The van der Waals surface area contributed by atoms with Gasteiger partial charge >= 0.3 is 6.09 Å². The Labute approximate surface area is 142 Å². The van der Waals surface area contributed by atoms with Gasteiger partial charge in [-0.1, -0.05) is 6.42 Å². The summed E-state index contributed by atoms with van der Waals surface area (Å²) in [6.45, 7) is 5.89. The third-order valence-corrected chi connectivity index (χ3v) is 6.05. The van der Waals surface area contributed by atoms with Crippen molar-refractivity contribution >= 4 is 15.9 Å². The van der Waals surface area contributed by atoms with Crippen molar-refractivity contribution < 1.29 is 22.3 Å². The van der Waals surface area contributed by atoms with E-state index < -0.39 is 32.6 Å². The van der Waals surface area contributed by atoms with Crippen LogP contribution in [0.15, 0.2) is 29.2 Å². The molecule has 0 aromatic heterocycles. The SMILES string of the molecule is CC(C)(C)OC(=O)N1CCCCC(S(=O)(=O)c2ccc(F)cc2)C1. The van der Waals surface area contributed by atoms with Crippen LogP contribution in [-0.4, -0.2) is 43.4 Å². The molecule has 0 radical (unpaired) electrons. The zero-order chi connectivity index (χ0) is 18.0. The van der Waals surface area contributed by atoms with Gasteiger partial charge in [0.25, 0.3) is 0 Å². The molecule has 134 valence electrons. The van der Waals surface area contributed by atoms with Crippen LogP contribution in [0.1, 0.15) is 40.0 Å². The highest BCUT2D eigenvalue weighted by Gasteiger charge is 2.34. The normalized spacial score (nSPS) is 19.7. The minimum Gasteiger partial charge on any atom is -0.444 e. The van der Waals surface area contributed by atoms with E-state index in [0.717, 1.165) is 18.6 Å². The molecule has 1 fully saturated rings. The molecule has 1 aromatic carbocycles. The molecule has 1 aliphatic heterocycles. The molecular weight excluding hydrogens is 333 g/mol. The van der Waals surface area contributed by atoms with Crippen LogP contribution in [0.5, 0.6) is 0 Å². The summed E-state index contributed by atoms with van der Waals surface area (Å²) in [6, 6.07) is 4.81. The van der Waals surface area contributed by atoms with Crippen LogP contribution in [-0.2, 0) is 14.6 Å². The van der Waals surface area contributed by atoms with E-state index in [1.165, 1.54) is 17.0 Å². The van der Waals surface area contributed by atoms with Crippen LogP contribution in [0.3, 0.4) is 0 Å². The summed E-state index contributed by atoms with van der Waals surface area (Å²) in [5, 5.41) is -0.710. The summed E-state index contributed by atoms with van der Waals surface area (Å²) in [4.78, 5) is 13.8. The fourth-order valence-electron chi connectivity index (χ4n) is 2.67. The number of carbonyl (C=O) groups is 1. The Morgan fingerprint density at radius 3 is 2.42 bits per heavy atom. The van der Waals surface area contributed by atoms with Crippen molar-refractivity contribution in [2.24, 2.45) is 0 Å². The van der Waals surface area contributed by atoms with Crippen molar-refractivity contribution in [3.05, 3.63) is 30.1 Å². The molecule has 7 heteroatoms. The second kappa shape index (κ2) is 7.09. The fourth-order valence-corrected chi connectivity index (χ4v) is 4.42. The monoisotopic (exact) mass is 357 g/mol. The second-order valence-electron chi connectivity index (χ2n) is 7.04. The maximum Gasteiger partial charge on any atom is 0.410 e. The van der Waals surface area contributed by atoms with E-state index in [-0.39, 0.29) is 11.4 Å². The topological polar surface area (TPSA) is 63.7 Å². The maximum absolute atomic E-state index is 13.0. The van der Waals surface area contributed by atoms with Crippen LogP contribution in [0.25, 0.3) is 0 Å². The van der Waals surface area contributed by atoms with Crippen molar-refractivity contribution in [2.45, 2.75) is 55.8 Å². The van der Waals surface area contributed by atoms with E-state index in [4.69, 9.17) is 4.74 Å². The number of hydrogen-bond acceptors (Lipinski definition) is 4. The molecule has 0 spiro atoms. The standard InChI is InChI=1S/C17H24FNO4S/c1-17(2,3)23-16(20)19-11-5-4-6-15(12-19)24(21,22)14-9-7-13(18)8-10-14/h7-10,15H,4-6,11-12H2,1-3H3. The van der Waals surface area contributed by atoms with Gasteiger partial charge in [0.1, 0.15) is 11.4 Å². The molecule has 5 nitrogen and oxygen atoms in total. The number of ether oxygens (including phenoxy) is 1. The highest BCUT2D eigenvalue weighted by Crippen LogP contribution is 2.25. The van der Waals surface area contributed by atoms with E-state index in [9.17, 15) is 17.6 Å². The smallest absolute Gasteiger partial charge is 0.410 e.